The van der Waals surface area contributed by atoms with Crippen LogP contribution in [0.3, 0.4) is 0 Å². The number of carboxylic acid groups (broad SMARTS) is 1. The van der Waals surface area contributed by atoms with Crippen LogP contribution in [0.2, 0.25) is 0 Å². The van der Waals surface area contributed by atoms with Crippen molar-refractivity contribution >= 4 is 11.9 Å². The molecule has 1 aliphatic heterocycles. The minimum Gasteiger partial charge on any atom is -0.481 e. The van der Waals surface area contributed by atoms with Crippen molar-refractivity contribution in [3.05, 3.63) is 0 Å². The molecule has 1 heterocycles. The van der Waals surface area contributed by atoms with E-state index in [0.29, 0.717) is 31.8 Å². The van der Waals surface area contributed by atoms with Crippen LogP contribution >= 0.6 is 0 Å². The molecule has 3 unspecified atom stereocenters. The Labute approximate surface area is 108 Å². The highest BCUT2D eigenvalue weighted by Crippen LogP contribution is 2.31. The fourth-order valence-corrected chi connectivity index (χ4v) is 3.31. The Bertz CT molecular complexity index is 329. The highest BCUT2D eigenvalue weighted by atomic mass is 16.4. The molecule has 3 atom stereocenters. The first kappa shape index (κ1) is 13.4. The van der Waals surface area contributed by atoms with Crippen LogP contribution in [0.1, 0.15) is 45.4 Å². The molecule has 4 heteroatoms. The summed E-state index contributed by atoms with van der Waals surface area (Å²) >= 11 is 0. The van der Waals surface area contributed by atoms with E-state index in [-0.39, 0.29) is 11.8 Å². The lowest BCUT2D eigenvalue weighted by atomic mass is 9.80. The van der Waals surface area contributed by atoms with Crippen molar-refractivity contribution in [2.75, 3.05) is 13.1 Å². The molecule has 102 valence electrons. The standard InChI is InChI=1S/C14H23NO3/c1-10-3-2-4-11(7-10)8-13(16)15-6-5-12(9-15)14(17)18/h10-12H,2-9H2,1H3,(H,17,18). The normalized spacial score (nSPS) is 32.5. The van der Waals surface area contributed by atoms with Crippen molar-refractivity contribution < 1.29 is 14.7 Å². The van der Waals surface area contributed by atoms with E-state index in [1.807, 2.05) is 0 Å². The van der Waals surface area contributed by atoms with E-state index in [1.54, 1.807) is 4.90 Å². The van der Waals surface area contributed by atoms with Gasteiger partial charge in [0.05, 0.1) is 5.92 Å². The maximum Gasteiger partial charge on any atom is 0.308 e. The molecule has 2 fully saturated rings. The van der Waals surface area contributed by atoms with Gasteiger partial charge in [0.25, 0.3) is 0 Å². The maximum atomic E-state index is 12.1. The van der Waals surface area contributed by atoms with Gasteiger partial charge in [-0.1, -0.05) is 19.8 Å². The van der Waals surface area contributed by atoms with Gasteiger partial charge in [0, 0.05) is 19.5 Å². The second-order valence-electron chi connectivity index (χ2n) is 6.01. The van der Waals surface area contributed by atoms with E-state index in [2.05, 4.69) is 6.92 Å². The summed E-state index contributed by atoms with van der Waals surface area (Å²) in [4.78, 5) is 24.7. The first-order valence-corrected chi connectivity index (χ1v) is 7.07. The third-order valence-electron chi connectivity index (χ3n) is 4.40. The van der Waals surface area contributed by atoms with Crippen molar-refractivity contribution in [1.29, 1.82) is 0 Å². The van der Waals surface area contributed by atoms with Crippen LogP contribution in [0.15, 0.2) is 0 Å². The second-order valence-corrected chi connectivity index (χ2v) is 6.01. The predicted octanol–water partition coefficient (Wildman–Crippen LogP) is 2.14. The highest BCUT2D eigenvalue weighted by molar-refractivity contribution is 5.78. The largest absolute Gasteiger partial charge is 0.481 e. The summed E-state index contributed by atoms with van der Waals surface area (Å²) in [7, 11) is 0. The quantitative estimate of drug-likeness (QED) is 0.838. The zero-order chi connectivity index (χ0) is 13.1. The van der Waals surface area contributed by atoms with Crippen LogP contribution in [0, 0.1) is 17.8 Å². The average Bonchev–Trinajstić information content (AvgIpc) is 2.78. The number of amides is 1. The average molecular weight is 253 g/mol. The number of carbonyl (C=O) groups is 2. The van der Waals surface area contributed by atoms with E-state index >= 15 is 0 Å². The number of aliphatic carboxylic acids is 1. The summed E-state index contributed by atoms with van der Waals surface area (Å²) in [5.74, 6) is 0.306. The topological polar surface area (TPSA) is 57.6 Å². The van der Waals surface area contributed by atoms with Crippen LogP contribution in [-0.4, -0.2) is 35.0 Å². The summed E-state index contributed by atoms with van der Waals surface area (Å²) in [6.45, 7) is 3.29. The molecule has 0 aromatic carbocycles. The lowest BCUT2D eigenvalue weighted by Gasteiger charge is -2.27. The van der Waals surface area contributed by atoms with Gasteiger partial charge in [-0.3, -0.25) is 9.59 Å². The third-order valence-corrected chi connectivity index (χ3v) is 4.40. The molecule has 1 N–H and O–H groups in total. The SMILES string of the molecule is CC1CCCC(CC(=O)N2CCC(C(=O)O)C2)C1. The molecule has 1 saturated heterocycles. The molecule has 0 aromatic heterocycles. The number of carboxylic acids is 1. The lowest BCUT2D eigenvalue weighted by molar-refractivity contribution is -0.141. The van der Waals surface area contributed by atoms with E-state index in [4.69, 9.17) is 5.11 Å². The van der Waals surface area contributed by atoms with Crippen LogP contribution < -0.4 is 0 Å². The maximum absolute atomic E-state index is 12.1. The van der Waals surface area contributed by atoms with Gasteiger partial charge in [-0.15, -0.1) is 0 Å². The number of hydrogen-bond donors (Lipinski definition) is 1. The Morgan fingerprint density at radius 2 is 2.06 bits per heavy atom. The van der Waals surface area contributed by atoms with E-state index in [9.17, 15) is 9.59 Å². The first-order valence-electron chi connectivity index (χ1n) is 7.07. The van der Waals surface area contributed by atoms with Gasteiger partial charge >= 0.3 is 5.97 Å². The van der Waals surface area contributed by atoms with Crippen molar-refractivity contribution in [3.63, 3.8) is 0 Å². The highest BCUT2D eigenvalue weighted by Gasteiger charge is 2.32. The summed E-state index contributed by atoms with van der Waals surface area (Å²) in [5.41, 5.74) is 0. The third kappa shape index (κ3) is 3.24. The second kappa shape index (κ2) is 5.72. The Morgan fingerprint density at radius 3 is 2.67 bits per heavy atom. The minimum atomic E-state index is -0.767. The van der Waals surface area contributed by atoms with Crippen LogP contribution in [0.5, 0.6) is 0 Å². The summed E-state index contributed by atoms with van der Waals surface area (Å²) < 4.78 is 0. The fourth-order valence-electron chi connectivity index (χ4n) is 3.31. The fraction of sp³-hybridized carbons (Fsp3) is 0.857. The Kier molecular flexibility index (Phi) is 4.25. The first-order chi connectivity index (χ1) is 8.56. The molecular formula is C14H23NO3. The van der Waals surface area contributed by atoms with Gasteiger partial charge in [0.2, 0.25) is 5.91 Å². The van der Waals surface area contributed by atoms with E-state index in [1.165, 1.54) is 12.8 Å². The number of nitrogens with zero attached hydrogens (tertiary/aromatic N) is 1. The van der Waals surface area contributed by atoms with Crippen molar-refractivity contribution in [3.8, 4) is 0 Å². The van der Waals surface area contributed by atoms with Crippen molar-refractivity contribution in [2.45, 2.75) is 45.4 Å². The molecule has 18 heavy (non-hydrogen) atoms. The molecule has 1 amide bonds. The molecule has 1 saturated carbocycles. The van der Waals surface area contributed by atoms with Crippen LogP contribution in [0.4, 0.5) is 0 Å². The zero-order valence-electron chi connectivity index (χ0n) is 11.1. The Hall–Kier alpha value is -1.06. The molecule has 0 aromatic rings. The van der Waals surface area contributed by atoms with Crippen molar-refractivity contribution in [1.82, 2.24) is 4.90 Å². The Morgan fingerprint density at radius 1 is 1.28 bits per heavy atom. The molecule has 2 aliphatic rings. The summed E-state index contributed by atoms with van der Waals surface area (Å²) in [6.07, 6.45) is 6.07. The number of rotatable bonds is 3. The predicted molar refractivity (Wildman–Crippen MR) is 68.1 cm³/mol. The number of hydrogen-bond acceptors (Lipinski definition) is 2. The molecule has 0 spiro atoms. The molecule has 4 nitrogen and oxygen atoms in total. The smallest absolute Gasteiger partial charge is 0.308 e. The molecule has 2 rings (SSSR count). The zero-order valence-corrected chi connectivity index (χ0v) is 11.1. The number of likely N-dealkylation sites (tertiary alicyclic amines) is 1. The van der Waals surface area contributed by atoms with Crippen LogP contribution in [-0.2, 0) is 9.59 Å². The summed E-state index contributed by atoms with van der Waals surface area (Å²) in [6, 6.07) is 0. The molecular weight excluding hydrogens is 230 g/mol. The van der Waals surface area contributed by atoms with Gasteiger partial charge in [-0.2, -0.15) is 0 Å². The molecule has 1 aliphatic carbocycles. The number of carbonyl (C=O) groups excluding carboxylic acids is 1. The van der Waals surface area contributed by atoms with E-state index in [0.717, 1.165) is 18.8 Å². The minimum absolute atomic E-state index is 0.165. The van der Waals surface area contributed by atoms with Crippen LogP contribution in [0.25, 0.3) is 0 Å². The van der Waals surface area contributed by atoms with E-state index < -0.39 is 5.97 Å². The van der Waals surface area contributed by atoms with Gasteiger partial charge in [0.1, 0.15) is 0 Å². The van der Waals surface area contributed by atoms with Crippen molar-refractivity contribution in [2.24, 2.45) is 17.8 Å². The Balaban J connectivity index is 1.80. The van der Waals surface area contributed by atoms with Gasteiger partial charge < -0.3 is 10.0 Å². The monoisotopic (exact) mass is 253 g/mol. The summed E-state index contributed by atoms with van der Waals surface area (Å²) in [5, 5.41) is 8.93. The van der Waals surface area contributed by atoms with Gasteiger partial charge in [0.15, 0.2) is 0 Å². The lowest BCUT2D eigenvalue weighted by Crippen LogP contribution is -2.32. The molecule has 0 radical (unpaired) electrons. The molecule has 0 bridgehead atoms. The van der Waals surface area contributed by atoms with Gasteiger partial charge in [-0.25, -0.2) is 0 Å². The van der Waals surface area contributed by atoms with Gasteiger partial charge in [-0.05, 0) is 31.1 Å².